The van der Waals surface area contributed by atoms with Crippen LogP contribution in [0.1, 0.15) is 11.1 Å². The fraction of sp³-hybridized carbons (Fsp3) is 0.200. The Morgan fingerprint density at radius 3 is 2.70 bits per heavy atom. The average molecular weight is 342 g/mol. The first-order chi connectivity index (χ1) is 9.56. The number of alkyl halides is 2. The molecule has 0 radical (unpaired) electrons. The Balaban J connectivity index is 2.12. The molecule has 2 nitrogen and oxygen atoms in total. The van der Waals surface area contributed by atoms with Crippen LogP contribution in [0.25, 0.3) is 0 Å². The van der Waals surface area contributed by atoms with Crippen LogP contribution in [0, 0.1) is 6.92 Å². The second kappa shape index (κ2) is 6.70. The van der Waals surface area contributed by atoms with Gasteiger partial charge in [-0.2, -0.15) is 8.78 Å². The van der Waals surface area contributed by atoms with Gasteiger partial charge >= 0.3 is 6.61 Å². The second-order valence-electron chi connectivity index (χ2n) is 4.32. The number of hydrogen-bond acceptors (Lipinski definition) is 2. The number of aryl methyl sites for hydroxylation is 1. The van der Waals surface area contributed by atoms with E-state index in [2.05, 4.69) is 26.0 Å². The van der Waals surface area contributed by atoms with Crippen LogP contribution in [0.5, 0.6) is 5.75 Å². The molecule has 0 fully saturated rings. The molecule has 0 aliphatic rings. The van der Waals surface area contributed by atoms with Gasteiger partial charge in [0, 0.05) is 22.3 Å². The van der Waals surface area contributed by atoms with Gasteiger partial charge in [-0.15, -0.1) is 0 Å². The lowest BCUT2D eigenvalue weighted by atomic mass is 10.2. The van der Waals surface area contributed by atoms with Crippen molar-refractivity contribution in [1.82, 2.24) is 0 Å². The Morgan fingerprint density at radius 2 is 1.95 bits per heavy atom. The van der Waals surface area contributed by atoms with E-state index >= 15 is 0 Å². The molecule has 20 heavy (non-hydrogen) atoms. The van der Waals surface area contributed by atoms with E-state index in [0.29, 0.717) is 12.1 Å². The van der Waals surface area contributed by atoms with Crippen molar-refractivity contribution in [3.05, 3.63) is 58.1 Å². The molecule has 0 unspecified atom stereocenters. The Morgan fingerprint density at radius 1 is 1.20 bits per heavy atom. The zero-order valence-electron chi connectivity index (χ0n) is 10.9. The van der Waals surface area contributed by atoms with Crippen LogP contribution >= 0.6 is 15.9 Å². The molecule has 0 aliphatic heterocycles. The van der Waals surface area contributed by atoms with Gasteiger partial charge in [0.25, 0.3) is 0 Å². The summed E-state index contributed by atoms with van der Waals surface area (Å²) in [6, 6.07) is 12.7. The molecule has 0 aliphatic carbocycles. The molecule has 0 bridgehead atoms. The van der Waals surface area contributed by atoms with Crippen LogP contribution in [0.2, 0.25) is 0 Å². The maximum absolute atomic E-state index is 12.3. The van der Waals surface area contributed by atoms with E-state index < -0.39 is 6.61 Å². The highest BCUT2D eigenvalue weighted by molar-refractivity contribution is 9.10. The van der Waals surface area contributed by atoms with Crippen LogP contribution in [0.15, 0.2) is 46.9 Å². The van der Waals surface area contributed by atoms with Crippen LogP contribution in [0.3, 0.4) is 0 Å². The van der Waals surface area contributed by atoms with Crippen molar-refractivity contribution in [3.8, 4) is 5.75 Å². The number of halogens is 3. The van der Waals surface area contributed by atoms with Crippen molar-refractivity contribution in [1.29, 1.82) is 0 Å². The molecule has 106 valence electrons. The van der Waals surface area contributed by atoms with Crippen molar-refractivity contribution in [2.24, 2.45) is 0 Å². The molecular formula is C15H14BrF2NO. The monoisotopic (exact) mass is 341 g/mol. The van der Waals surface area contributed by atoms with Crippen molar-refractivity contribution >= 4 is 21.6 Å². The number of nitrogens with one attached hydrogen (secondary N) is 1. The van der Waals surface area contributed by atoms with Crippen molar-refractivity contribution in [3.63, 3.8) is 0 Å². The third-order valence-electron chi connectivity index (χ3n) is 2.78. The average Bonchev–Trinajstić information content (AvgIpc) is 2.41. The van der Waals surface area contributed by atoms with Crippen LogP contribution in [0.4, 0.5) is 14.5 Å². The van der Waals surface area contributed by atoms with E-state index in [9.17, 15) is 8.78 Å². The lowest BCUT2D eigenvalue weighted by molar-refractivity contribution is -0.0504. The lowest BCUT2D eigenvalue weighted by Gasteiger charge is -2.13. The van der Waals surface area contributed by atoms with Crippen molar-refractivity contribution in [2.75, 3.05) is 5.32 Å². The van der Waals surface area contributed by atoms with E-state index in [4.69, 9.17) is 0 Å². The van der Waals surface area contributed by atoms with E-state index in [-0.39, 0.29) is 5.75 Å². The molecule has 2 rings (SSSR count). The fourth-order valence-electron chi connectivity index (χ4n) is 1.83. The first kappa shape index (κ1) is 14.8. The minimum atomic E-state index is -2.82. The Kier molecular flexibility index (Phi) is 4.95. The van der Waals surface area contributed by atoms with E-state index in [0.717, 1.165) is 15.7 Å². The van der Waals surface area contributed by atoms with Crippen molar-refractivity contribution in [2.45, 2.75) is 20.1 Å². The molecule has 2 aromatic rings. The SMILES string of the molecule is Cc1ccc(Br)c(NCc2ccccc2OC(F)F)c1. The first-order valence-electron chi connectivity index (χ1n) is 6.09. The standard InChI is InChI=1S/C15H14BrF2NO/c1-10-6-7-12(16)13(8-10)19-9-11-4-2-3-5-14(11)20-15(17)18/h2-8,15,19H,9H2,1H3. The van der Waals surface area contributed by atoms with Gasteiger partial charge in [0.05, 0.1) is 0 Å². The zero-order valence-corrected chi connectivity index (χ0v) is 12.5. The maximum atomic E-state index is 12.3. The number of anilines is 1. The largest absolute Gasteiger partial charge is 0.434 e. The summed E-state index contributed by atoms with van der Waals surface area (Å²) in [5, 5.41) is 3.21. The highest BCUT2D eigenvalue weighted by Crippen LogP contribution is 2.26. The fourth-order valence-corrected chi connectivity index (χ4v) is 2.21. The maximum Gasteiger partial charge on any atom is 0.387 e. The third-order valence-corrected chi connectivity index (χ3v) is 3.47. The van der Waals surface area contributed by atoms with Gasteiger partial charge in [-0.3, -0.25) is 0 Å². The topological polar surface area (TPSA) is 21.3 Å². The van der Waals surface area contributed by atoms with Gasteiger partial charge in [-0.25, -0.2) is 0 Å². The predicted molar refractivity (Wildman–Crippen MR) is 79.3 cm³/mol. The molecule has 0 heterocycles. The molecule has 0 saturated carbocycles. The molecule has 0 spiro atoms. The second-order valence-corrected chi connectivity index (χ2v) is 5.18. The summed E-state index contributed by atoms with van der Waals surface area (Å²) in [6.45, 7) is -0.418. The molecule has 0 amide bonds. The van der Waals surface area contributed by atoms with Crippen molar-refractivity contribution < 1.29 is 13.5 Å². The number of rotatable bonds is 5. The zero-order chi connectivity index (χ0) is 14.5. The first-order valence-corrected chi connectivity index (χ1v) is 6.88. The number of para-hydroxylation sites is 1. The molecule has 2 aromatic carbocycles. The Hall–Kier alpha value is -1.62. The van der Waals surface area contributed by atoms with Gasteiger partial charge in [0.1, 0.15) is 5.75 Å². The van der Waals surface area contributed by atoms with E-state index in [1.54, 1.807) is 18.2 Å². The smallest absolute Gasteiger partial charge is 0.387 e. The van der Waals surface area contributed by atoms with Crippen LogP contribution in [-0.2, 0) is 6.54 Å². The van der Waals surface area contributed by atoms with E-state index in [1.807, 2.05) is 25.1 Å². The normalized spacial score (nSPS) is 10.7. The number of benzene rings is 2. The van der Waals surface area contributed by atoms with Gasteiger partial charge in [0.2, 0.25) is 0 Å². The molecule has 0 atom stereocenters. The van der Waals surface area contributed by atoms with Gasteiger partial charge in [0.15, 0.2) is 0 Å². The molecule has 5 heteroatoms. The van der Waals surface area contributed by atoms with Crippen LogP contribution < -0.4 is 10.1 Å². The Bertz CT molecular complexity index is 590. The molecular weight excluding hydrogens is 328 g/mol. The highest BCUT2D eigenvalue weighted by Gasteiger charge is 2.09. The summed E-state index contributed by atoms with van der Waals surface area (Å²) in [5.41, 5.74) is 2.71. The lowest BCUT2D eigenvalue weighted by Crippen LogP contribution is -2.07. The summed E-state index contributed by atoms with van der Waals surface area (Å²) in [7, 11) is 0. The van der Waals surface area contributed by atoms with E-state index in [1.165, 1.54) is 6.07 Å². The molecule has 0 aromatic heterocycles. The summed E-state index contributed by atoms with van der Waals surface area (Å²) in [6.07, 6.45) is 0. The van der Waals surface area contributed by atoms with Gasteiger partial charge < -0.3 is 10.1 Å². The molecule has 0 saturated heterocycles. The summed E-state index contributed by atoms with van der Waals surface area (Å²) in [5.74, 6) is 0.193. The quantitative estimate of drug-likeness (QED) is 0.828. The summed E-state index contributed by atoms with van der Waals surface area (Å²) >= 11 is 3.45. The summed E-state index contributed by atoms with van der Waals surface area (Å²) in [4.78, 5) is 0. The Labute approximate surface area is 124 Å². The third kappa shape index (κ3) is 3.93. The number of ether oxygens (including phenoxy) is 1. The summed E-state index contributed by atoms with van der Waals surface area (Å²) < 4.78 is 30.1. The highest BCUT2D eigenvalue weighted by atomic mass is 79.9. The minimum Gasteiger partial charge on any atom is -0.434 e. The minimum absolute atomic E-state index is 0.193. The predicted octanol–water partition coefficient (Wildman–Crippen LogP) is 4.97. The van der Waals surface area contributed by atoms with Gasteiger partial charge in [-0.1, -0.05) is 24.3 Å². The van der Waals surface area contributed by atoms with Crippen LogP contribution in [-0.4, -0.2) is 6.61 Å². The number of hydrogen-bond donors (Lipinski definition) is 1. The molecule has 1 N–H and O–H groups in total. The van der Waals surface area contributed by atoms with Gasteiger partial charge in [-0.05, 0) is 46.6 Å².